The molecular formula is C12H18ClF2N. The van der Waals surface area contributed by atoms with Crippen molar-refractivity contribution in [1.82, 2.24) is 5.32 Å². The van der Waals surface area contributed by atoms with Crippen LogP contribution in [0.25, 0.3) is 0 Å². The summed E-state index contributed by atoms with van der Waals surface area (Å²) in [5.74, 6) is -1.03. The minimum absolute atomic E-state index is 0. The number of rotatable bonds is 6. The molecule has 0 saturated heterocycles. The zero-order valence-corrected chi connectivity index (χ0v) is 10.2. The monoisotopic (exact) mass is 249 g/mol. The highest BCUT2D eigenvalue weighted by Crippen LogP contribution is 2.07. The Balaban J connectivity index is 0.00000225. The lowest BCUT2D eigenvalue weighted by atomic mass is 10.2. The van der Waals surface area contributed by atoms with Gasteiger partial charge in [0.05, 0.1) is 0 Å². The molecule has 0 bridgehead atoms. The summed E-state index contributed by atoms with van der Waals surface area (Å²) < 4.78 is 25.6. The molecule has 1 rings (SSSR count). The van der Waals surface area contributed by atoms with Gasteiger partial charge in [0.25, 0.3) is 0 Å². The molecule has 0 atom stereocenters. The first-order valence-electron chi connectivity index (χ1n) is 5.38. The Morgan fingerprint density at radius 3 is 2.25 bits per heavy atom. The van der Waals surface area contributed by atoms with Crippen LogP contribution in [-0.2, 0) is 6.54 Å². The quantitative estimate of drug-likeness (QED) is 0.759. The molecule has 0 heterocycles. The molecule has 92 valence electrons. The van der Waals surface area contributed by atoms with Crippen molar-refractivity contribution in [2.24, 2.45) is 0 Å². The molecule has 0 aliphatic carbocycles. The normalized spacial score (nSPS) is 9.94. The van der Waals surface area contributed by atoms with Crippen molar-refractivity contribution in [3.05, 3.63) is 35.4 Å². The maximum Gasteiger partial charge on any atom is 0.126 e. The third-order valence-electron chi connectivity index (χ3n) is 2.21. The van der Waals surface area contributed by atoms with Crippen molar-refractivity contribution in [2.75, 3.05) is 6.54 Å². The van der Waals surface area contributed by atoms with E-state index in [0.29, 0.717) is 12.1 Å². The average molecular weight is 250 g/mol. The Morgan fingerprint density at radius 1 is 1.06 bits per heavy atom. The Labute approximate surface area is 102 Å². The maximum absolute atomic E-state index is 12.8. The molecule has 1 aromatic rings. The lowest BCUT2D eigenvalue weighted by Gasteiger charge is -2.04. The van der Waals surface area contributed by atoms with Crippen LogP contribution in [0, 0.1) is 11.6 Å². The Morgan fingerprint density at radius 2 is 1.69 bits per heavy atom. The second-order valence-electron chi connectivity index (χ2n) is 3.66. The van der Waals surface area contributed by atoms with Crippen molar-refractivity contribution in [3.8, 4) is 0 Å². The number of benzene rings is 1. The van der Waals surface area contributed by atoms with E-state index < -0.39 is 11.6 Å². The molecule has 0 aliphatic rings. The van der Waals surface area contributed by atoms with Gasteiger partial charge >= 0.3 is 0 Å². The smallest absolute Gasteiger partial charge is 0.126 e. The second-order valence-corrected chi connectivity index (χ2v) is 3.66. The number of halogens is 3. The summed E-state index contributed by atoms with van der Waals surface area (Å²) in [5, 5.41) is 3.16. The van der Waals surface area contributed by atoms with Crippen molar-refractivity contribution < 1.29 is 8.78 Å². The van der Waals surface area contributed by atoms with Crippen LogP contribution in [0.2, 0.25) is 0 Å². The number of nitrogens with one attached hydrogen (secondary N) is 1. The number of hydrogen-bond acceptors (Lipinski definition) is 1. The zero-order chi connectivity index (χ0) is 11.1. The van der Waals surface area contributed by atoms with E-state index in [0.717, 1.165) is 19.0 Å². The van der Waals surface area contributed by atoms with Gasteiger partial charge in [-0.1, -0.05) is 19.8 Å². The minimum Gasteiger partial charge on any atom is -0.313 e. The predicted molar refractivity (Wildman–Crippen MR) is 64.8 cm³/mol. The highest BCUT2D eigenvalue weighted by atomic mass is 35.5. The molecule has 1 N–H and O–H groups in total. The van der Waals surface area contributed by atoms with Crippen LogP contribution >= 0.6 is 12.4 Å². The van der Waals surface area contributed by atoms with Crippen LogP contribution in [0.4, 0.5) is 8.78 Å². The molecule has 0 unspecified atom stereocenters. The highest BCUT2D eigenvalue weighted by Gasteiger charge is 1.99. The van der Waals surface area contributed by atoms with E-state index in [1.165, 1.54) is 25.0 Å². The molecule has 1 aromatic carbocycles. The van der Waals surface area contributed by atoms with Gasteiger partial charge in [0, 0.05) is 12.6 Å². The molecule has 16 heavy (non-hydrogen) atoms. The van der Waals surface area contributed by atoms with E-state index in [2.05, 4.69) is 12.2 Å². The van der Waals surface area contributed by atoms with E-state index in [1.807, 2.05) is 0 Å². The molecule has 0 fully saturated rings. The Bertz CT molecular complexity index is 285. The lowest BCUT2D eigenvalue weighted by Crippen LogP contribution is -2.14. The Hall–Kier alpha value is -0.670. The molecule has 4 heteroatoms. The number of hydrogen-bond donors (Lipinski definition) is 1. The van der Waals surface area contributed by atoms with Crippen molar-refractivity contribution in [3.63, 3.8) is 0 Å². The van der Waals surface area contributed by atoms with Gasteiger partial charge in [0.15, 0.2) is 0 Å². The third kappa shape index (κ3) is 6.03. The van der Waals surface area contributed by atoms with Gasteiger partial charge in [-0.3, -0.25) is 0 Å². The first kappa shape index (κ1) is 15.3. The summed E-state index contributed by atoms with van der Waals surface area (Å²) in [5.41, 5.74) is 0.656. The highest BCUT2D eigenvalue weighted by molar-refractivity contribution is 5.85. The summed E-state index contributed by atoms with van der Waals surface area (Å²) in [4.78, 5) is 0. The van der Waals surface area contributed by atoms with Gasteiger partial charge in [0.2, 0.25) is 0 Å². The largest absolute Gasteiger partial charge is 0.313 e. The fourth-order valence-electron chi connectivity index (χ4n) is 1.45. The van der Waals surface area contributed by atoms with Crippen LogP contribution in [0.5, 0.6) is 0 Å². The number of unbranched alkanes of at least 4 members (excludes halogenated alkanes) is 2. The topological polar surface area (TPSA) is 12.0 Å². The first-order chi connectivity index (χ1) is 7.22. The summed E-state index contributed by atoms with van der Waals surface area (Å²) >= 11 is 0. The molecule has 0 saturated carbocycles. The van der Waals surface area contributed by atoms with Crippen LogP contribution in [0.3, 0.4) is 0 Å². The van der Waals surface area contributed by atoms with Gasteiger partial charge < -0.3 is 5.32 Å². The van der Waals surface area contributed by atoms with E-state index in [9.17, 15) is 8.78 Å². The average Bonchev–Trinajstić information content (AvgIpc) is 2.16. The fourth-order valence-corrected chi connectivity index (χ4v) is 1.45. The third-order valence-corrected chi connectivity index (χ3v) is 2.21. The SMILES string of the molecule is CCCCCNCc1cc(F)cc(F)c1.Cl. The van der Waals surface area contributed by atoms with Gasteiger partial charge in [-0.2, -0.15) is 0 Å². The van der Waals surface area contributed by atoms with Gasteiger partial charge in [-0.05, 0) is 30.7 Å². The molecule has 0 aromatic heterocycles. The van der Waals surface area contributed by atoms with E-state index in [4.69, 9.17) is 0 Å². The fraction of sp³-hybridized carbons (Fsp3) is 0.500. The molecule has 0 amide bonds. The summed E-state index contributed by atoms with van der Waals surface area (Å²) in [6.07, 6.45) is 3.47. The van der Waals surface area contributed by atoms with Gasteiger partial charge in [-0.15, -0.1) is 12.4 Å². The Kier molecular flexibility index (Phi) is 8.12. The van der Waals surface area contributed by atoms with Crippen LogP contribution < -0.4 is 5.32 Å². The van der Waals surface area contributed by atoms with E-state index >= 15 is 0 Å². The van der Waals surface area contributed by atoms with E-state index in [1.54, 1.807) is 0 Å². The van der Waals surface area contributed by atoms with Crippen molar-refractivity contribution in [1.29, 1.82) is 0 Å². The second kappa shape index (κ2) is 8.48. The minimum atomic E-state index is -0.514. The maximum atomic E-state index is 12.8. The predicted octanol–water partition coefficient (Wildman–Crippen LogP) is 3.67. The standard InChI is InChI=1S/C12H17F2N.ClH/c1-2-3-4-5-15-9-10-6-11(13)8-12(14)7-10;/h6-8,15H,2-5,9H2,1H3;1H. The van der Waals surface area contributed by atoms with Crippen LogP contribution in [-0.4, -0.2) is 6.54 Å². The van der Waals surface area contributed by atoms with E-state index in [-0.39, 0.29) is 12.4 Å². The van der Waals surface area contributed by atoms with Gasteiger partial charge in [-0.25, -0.2) is 8.78 Å². The molecule has 0 radical (unpaired) electrons. The molecule has 0 aliphatic heterocycles. The first-order valence-corrected chi connectivity index (χ1v) is 5.38. The zero-order valence-electron chi connectivity index (χ0n) is 9.43. The lowest BCUT2D eigenvalue weighted by molar-refractivity contribution is 0.571. The van der Waals surface area contributed by atoms with Crippen molar-refractivity contribution >= 4 is 12.4 Å². The molecule has 0 spiro atoms. The van der Waals surface area contributed by atoms with Crippen LogP contribution in [0.15, 0.2) is 18.2 Å². The van der Waals surface area contributed by atoms with Crippen molar-refractivity contribution in [2.45, 2.75) is 32.7 Å². The summed E-state index contributed by atoms with van der Waals surface area (Å²) in [6, 6.07) is 3.60. The molecular weight excluding hydrogens is 232 g/mol. The summed E-state index contributed by atoms with van der Waals surface area (Å²) in [6.45, 7) is 3.56. The summed E-state index contributed by atoms with van der Waals surface area (Å²) in [7, 11) is 0. The van der Waals surface area contributed by atoms with Gasteiger partial charge in [0.1, 0.15) is 11.6 Å². The molecule has 1 nitrogen and oxygen atoms in total. The van der Waals surface area contributed by atoms with Crippen LogP contribution in [0.1, 0.15) is 31.7 Å².